The lowest BCUT2D eigenvalue weighted by atomic mass is 10.1. The molecule has 3 aromatic rings. The van der Waals surface area contributed by atoms with Gasteiger partial charge in [-0.15, -0.1) is 0 Å². The van der Waals surface area contributed by atoms with E-state index in [1.54, 1.807) is 16.8 Å². The molecule has 0 aliphatic heterocycles. The Hall–Kier alpha value is -1.72. The second-order valence-electron chi connectivity index (χ2n) is 5.39. The lowest BCUT2D eigenvalue weighted by molar-refractivity contribution is 0.630. The van der Waals surface area contributed by atoms with Gasteiger partial charge in [0.2, 0.25) is 0 Å². The van der Waals surface area contributed by atoms with E-state index in [4.69, 9.17) is 28.9 Å². The summed E-state index contributed by atoms with van der Waals surface area (Å²) in [6.45, 7) is 4.27. The fourth-order valence-electron chi connectivity index (χ4n) is 2.35. The van der Waals surface area contributed by atoms with Gasteiger partial charge in [0.15, 0.2) is 5.65 Å². The molecule has 0 fully saturated rings. The van der Waals surface area contributed by atoms with Crippen molar-refractivity contribution in [2.45, 2.75) is 20.3 Å². The fraction of sp³-hybridized carbons (Fsp3) is 0.286. The summed E-state index contributed by atoms with van der Waals surface area (Å²) in [5.74, 6) is 0.989. The number of fused-ring (bicyclic) bond motifs is 1. The molecule has 1 aromatic carbocycles. The van der Waals surface area contributed by atoms with Crippen molar-refractivity contribution in [2.75, 3.05) is 5.73 Å². The van der Waals surface area contributed by atoms with Crippen molar-refractivity contribution in [3.63, 3.8) is 0 Å². The van der Waals surface area contributed by atoms with E-state index < -0.39 is 0 Å². The zero-order valence-corrected chi connectivity index (χ0v) is 13.2. The average Bonchev–Trinajstić information content (AvgIpc) is 2.92. The van der Waals surface area contributed by atoms with Crippen LogP contribution in [0, 0.1) is 5.92 Å². The first kappa shape index (κ1) is 14.2. The number of hydrogen-bond acceptors (Lipinski definition) is 3. The van der Waals surface area contributed by atoms with Crippen LogP contribution >= 0.6 is 23.2 Å². The first-order valence-corrected chi connectivity index (χ1v) is 7.40. The van der Waals surface area contributed by atoms with Crippen LogP contribution in [0.15, 0.2) is 18.2 Å². The van der Waals surface area contributed by atoms with E-state index in [0.717, 1.165) is 23.2 Å². The zero-order chi connectivity index (χ0) is 15.1. The average molecular weight is 324 g/mol. The Morgan fingerprint density at radius 2 is 2.10 bits per heavy atom. The summed E-state index contributed by atoms with van der Waals surface area (Å²) in [5.41, 5.74) is 8.30. The van der Waals surface area contributed by atoms with Crippen LogP contribution in [0.3, 0.4) is 0 Å². The molecular formula is C14H15Cl2N5. The van der Waals surface area contributed by atoms with Crippen molar-refractivity contribution in [1.29, 1.82) is 0 Å². The van der Waals surface area contributed by atoms with E-state index in [-0.39, 0.29) is 0 Å². The fourth-order valence-corrected chi connectivity index (χ4v) is 2.84. The summed E-state index contributed by atoms with van der Waals surface area (Å²) >= 11 is 12.2. The topological polar surface area (TPSA) is 72.5 Å². The van der Waals surface area contributed by atoms with Gasteiger partial charge in [0.25, 0.3) is 0 Å². The minimum atomic E-state index is 0.464. The lowest BCUT2D eigenvalue weighted by Gasteiger charge is -2.05. The van der Waals surface area contributed by atoms with Gasteiger partial charge >= 0.3 is 0 Å². The van der Waals surface area contributed by atoms with Crippen LogP contribution < -0.4 is 5.73 Å². The molecule has 0 spiro atoms. The van der Waals surface area contributed by atoms with Gasteiger partial charge in [0.05, 0.1) is 21.8 Å². The summed E-state index contributed by atoms with van der Waals surface area (Å²) in [6, 6.07) is 5.28. The van der Waals surface area contributed by atoms with E-state index in [1.807, 2.05) is 6.07 Å². The first-order chi connectivity index (χ1) is 9.97. The number of benzene rings is 1. The minimum Gasteiger partial charge on any atom is -0.383 e. The summed E-state index contributed by atoms with van der Waals surface area (Å²) < 4.78 is 1.71. The zero-order valence-electron chi connectivity index (χ0n) is 11.7. The molecule has 0 saturated carbocycles. The quantitative estimate of drug-likeness (QED) is 0.769. The largest absolute Gasteiger partial charge is 0.383 e. The summed E-state index contributed by atoms with van der Waals surface area (Å²) in [6.07, 6.45) is 0.818. The normalized spacial score (nSPS) is 11.7. The monoisotopic (exact) mass is 323 g/mol. The number of nitrogens with one attached hydrogen (secondary N) is 1. The maximum Gasteiger partial charge on any atom is 0.186 e. The van der Waals surface area contributed by atoms with Crippen LogP contribution in [0.5, 0.6) is 0 Å². The van der Waals surface area contributed by atoms with Crippen LogP contribution in [0.25, 0.3) is 16.7 Å². The number of aromatic nitrogens is 4. The van der Waals surface area contributed by atoms with E-state index in [9.17, 15) is 0 Å². The number of nitrogens with two attached hydrogens (primary N) is 1. The van der Waals surface area contributed by atoms with Crippen molar-refractivity contribution in [2.24, 2.45) is 5.92 Å². The van der Waals surface area contributed by atoms with Gasteiger partial charge in [0.1, 0.15) is 5.82 Å². The van der Waals surface area contributed by atoms with Crippen molar-refractivity contribution in [1.82, 2.24) is 20.0 Å². The van der Waals surface area contributed by atoms with Gasteiger partial charge in [-0.05, 0) is 30.5 Å². The van der Waals surface area contributed by atoms with E-state index in [1.165, 1.54) is 0 Å². The number of nitrogen functional groups attached to an aromatic ring is 1. The maximum atomic E-state index is 6.27. The van der Waals surface area contributed by atoms with Gasteiger partial charge < -0.3 is 5.73 Å². The van der Waals surface area contributed by atoms with E-state index >= 15 is 0 Å². The molecule has 0 radical (unpaired) electrons. The third kappa shape index (κ3) is 2.47. The summed E-state index contributed by atoms with van der Waals surface area (Å²) in [4.78, 5) is 0. The Bertz CT molecular complexity index is 803. The van der Waals surface area contributed by atoms with Crippen LogP contribution in [-0.4, -0.2) is 20.0 Å². The van der Waals surface area contributed by atoms with Crippen molar-refractivity contribution < 1.29 is 0 Å². The predicted octanol–water partition coefficient (Wildman–Crippen LogP) is 3.84. The second-order valence-corrected chi connectivity index (χ2v) is 6.23. The highest BCUT2D eigenvalue weighted by Gasteiger charge is 2.19. The number of H-pyrrole nitrogens is 1. The van der Waals surface area contributed by atoms with Crippen LogP contribution in [0.2, 0.25) is 10.0 Å². The maximum absolute atomic E-state index is 6.27. The smallest absolute Gasteiger partial charge is 0.186 e. The molecule has 0 bridgehead atoms. The lowest BCUT2D eigenvalue weighted by Crippen LogP contribution is -2.01. The van der Waals surface area contributed by atoms with Gasteiger partial charge in [-0.1, -0.05) is 37.0 Å². The van der Waals surface area contributed by atoms with Crippen LogP contribution in [-0.2, 0) is 6.42 Å². The van der Waals surface area contributed by atoms with E-state index in [0.29, 0.717) is 27.4 Å². The molecule has 21 heavy (non-hydrogen) atoms. The summed E-state index contributed by atoms with van der Waals surface area (Å²) in [7, 11) is 0. The van der Waals surface area contributed by atoms with Gasteiger partial charge in [-0.2, -0.15) is 10.2 Å². The molecule has 2 heterocycles. The highest BCUT2D eigenvalue weighted by Crippen LogP contribution is 2.30. The Morgan fingerprint density at radius 1 is 1.33 bits per heavy atom. The standard InChI is InChI=1S/C14H15Cl2N5/c1-7(2)5-10-12-13(17)18-19-14(12)21(20-10)11-4-3-8(15)6-9(11)16/h3-4,6-7H,5H2,1-2H3,(H3,17,18,19). The van der Waals surface area contributed by atoms with Gasteiger partial charge in [-0.25, -0.2) is 4.68 Å². The summed E-state index contributed by atoms with van der Waals surface area (Å²) in [5, 5.41) is 13.6. The second kappa shape index (κ2) is 5.24. The molecule has 0 amide bonds. The van der Waals surface area contributed by atoms with E-state index in [2.05, 4.69) is 29.1 Å². The molecule has 3 N–H and O–H groups in total. The molecule has 0 aliphatic carbocycles. The molecule has 5 nitrogen and oxygen atoms in total. The Labute approximate surface area is 132 Å². The number of nitrogens with zero attached hydrogens (tertiary/aromatic N) is 3. The molecule has 7 heteroatoms. The molecule has 110 valence electrons. The Morgan fingerprint density at radius 3 is 2.76 bits per heavy atom. The highest BCUT2D eigenvalue weighted by molar-refractivity contribution is 6.35. The predicted molar refractivity (Wildman–Crippen MR) is 86.2 cm³/mol. The third-order valence-electron chi connectivity index (χ3n) is 3.22. The molecule has 0 saturated heterocycles. The minimum absolute atomic E-state index is 0.464. The number of halogens is 2. The highest BCUT2D eigenvalue weighted by atomic mass is 35.5. The number of aromatic amines is 1. The molecule has 2 aromatic heterocycles. The van der Waals surface area contributed by atoms with Gasteiger partial charge in [-0.3, -0.25) is 5.10 Å². The van der Waals surface area contributed by atoms with Crippen molar-refractivity contribution in [3.8, 4) is 5.69 Å². The van der Waals surface area contributed by atoms with Crippen molar-refractivity contribution >= 4 is 40.1 Å². The van der Waals surface area contributed by atoms with Crippen LogP contribution in [0.4, 0.5) is 5.82 Å². The molecule has 0 unspecified atom stereocenters. The first-order valence-electron chi connectivity index (χ1n) is 6.64. The number of rotatable bonds is 3. The van der Waals surface area contributed by atoms with Crippen molar-refractivity contribution in [3.05, 3.63) is 33.9 Å². The number of anilines is 1. The molecule has 0 aliphatic rings. The Balaban J connectivity index is 2.23. The molecule has 3 rings (SSSR count). The third-order valence-corrected chi connectivity index (χ3v) is 3.76. The molecular weight excluding hydrogens is 309 g/mol. The molecule has 0 atom stereocenters. The Kier molecular flexibility index (Phi) is 3.55. The SMILES string of the molecule is CC(C)Cc1nn(-c2ccc(Cl)cc2Cl)c2n[nH]c(N)c12. The number of hydrogen-bond donors (Lipinski definition) is 2. The van der Waals surface area contributed by atoms with Gasteiger partial charge in [0, 0.05) is 5.02 Å². The van der Waals surface area contributed by atoms with Crippen LogP contribution in [0.1, 0.15) is 19.5 Å².